The number of hydrogen-bond donors (Lipinski definition) is 2. The van der Waals surface area contributed by atoms with E-state index < -0.39 is 14.1 Å². The molecule has 2 aliphatic heterocycles. The van der Waals surface area contributed by atoms with Crippen LogP contribution < -0.4 is 19.6 Å². The molecule has 7 nitrogen and oxygen atoms in total. The van der Waals surface area contributed by atoms with Crippen LogP contribution in [0, 0.1) is 5.41 Å². The number of nitrogens with zero attached hydrogens (tertiary/aromatic N) is 1. The zero-order chi connectivity index (χ0) is 24.5. The van der Waals surface area contributed by atoms with Gasteiger partial charge in [-0.2, -0.15) is 0 Å². The third-order valence-corrected chi connectivity index (χ3v) is 7.95. The molecule has 0 saturated carbocycles. The molecule has 34 heavy (non-hydrogen) atoms. The molecule has 0 unspecified atom stereocenters. The molecule has 2 N–H and O–H groups in total. The van der Waals surface area contributed by atoms with E-state index in [0.717, 1.165) is 22.6 Å². The summed E-state index contributed by atoms with van der Waals surface area (Å²) >= 11 is 0. The highest BCUT2D eigenvalue weighted by Gasteiger charge is 2.43. The molecule has 0 aliphatic carbocycles. The van der Waals surface area contributed by atoms with E-state index >= 15 is 0 Å². The molecule has 2 heterocycles. The van der Waals surface area contributed by atoms with E-state index in [0.29, 0.717) is 12.5 Å². The van der Waals surface area contributed by atoms with Crippen molar-refractivity contribution in [3.63, 3.8) is 0 Å². The number of hydrogen-bond acceptors (Lipinski definition) is 7. The summed E-state index contributed by atoms with van der Waals surface area (Å²) in [6.45, 7) is 11.2. The normalized spacial score (nSPS) is 23.5. The van der Waals surface area contributed by atoms with Gasteiger partial charge in [-0.1, -0.05) is 45.0 Å². The first-order valence-electron chi connectivity index (χ1n) is 11.6. The molecule has 0 spiro atoms. The van der Waals surface area contributed by atoms with Crippen LogP contribution in [0.15, 0.2) is 53.5 Å². The maximum Gasteiger partial charge on any atom is 0.216 e. The minimum absolute atomic E-state index is 0.0231. The Morgan fingerprint density at radius 3 is 1.68 bits per heavy atom. The monoisotopic (exact) mass is 485 g/mol. The Kier molecular flexibility index (Phi) is 7.20. The van der Waals surface area contributed by atoms with Crippen LogP contribution in [0.5, 0.6) is 11.5 Å². The van der Waals surface area contributed by atoms with E-state index in [-0.39, 0.29) is 23.5 Å². The van der Waals surface area contributed by atoms with Gasteiger partial charge in [0.05, 0.1) is 32.3 Å². The lowest BCUT2D eigenvalue weighted by atomic mass is 9.88. The van der Waals surface area contributed by atoms with Crippen molar-refractivity contribution in [1.29, 1.82) is 0 Å². The summed E-state index contributed by atoms with van der Waals surface area (Å²) in [5, 5.41) is 7.38. The summed E-state index contributed by atoms with van der Waals surface area (Å²) in [6.07, 6.45) is 0. The molecule has 4 rings (SSSR count). The second kappa shape index (κ2) is 9.82. The number of ether oxygens (including phenoxy) is 3. The first kappa shape index (κ1) is 24.9. The van der Waals surface area contributed by atoms with E-state index in [9.17, 15) is 0 Å². The zero-order valence-electron chi connectivity index (χ0n) is 21.1. The van der Waals surface area contributed by atoms with E-state index in [1.54, 1.807) is 14.2 Å². The van der Waals surface area contributed by atoms with Gasteiger partial charge in [-0.15, -0.1) is 0 Å². The highest BCUT2D eigenvalue weighted by molar-refractivity contribution is 7.48. The molecule has 1 fully saturated rings. The molecule has 2 aliphatic rings. The van der Waals surface area contributed by atoms with Gasteiger partial charge in [0, 0.05) is 0 Å². The third kappa shape index (κ3) is 5.38. The van der Waals surface area contributed by atoms with Gasteiger partial charge in [0.25, 0.3) is 0 Å². The minimum atomic E-state index is -1.16. The van der Waals surface area contributed by atoms with Gasteiger partial charge in [-0.25, -0.2) is 4.99 Å². The second-order valence-electron chi connectivity index (χ2n) is 10.3. The van der Waals surface area contributed by atoms with Crippen LogP contribution in [0.2, 0.25) is 0 Å². The number of methoxy groups -OCH3 is 2. The van der Waals surface area contributed by atoms with Gasteiger partial charge >= 0.3 is 0 Å². The van der Waals surface area contributed by atoms with E-state index in [1.807, 2.05) is 38.1 Å². The summed E-state index contributed by atoms with van der Waals surface area (Å²) in [5.74, 6) is 2.33. The van der Waals surface area contributed by atoms with Crippen LogP contribution in [0.25, 0.3) is 0 Å². The van der Waals surface area contributed by atoms with Gasteiger partial charge in [-0.05, 0) is 54.7 Å². The number of nitrogens with one attached hydrogen (secondary N) is 2. The van der Waals surface area contributed by atoms with E-state index in [1.165, 1.54) is 0 Å². The topological polar surface area (TPSA) is 73.3 Å². The lowest BCUT2D eigenvalue weighted by Gasteiger charge is -2.27. The van der Waals surface area contributed by atoms with Crippen LogP contribution in [0.1, 0.15) is 57.8 Å². The lowest BCUT2D eigenvalue weighted by Crippen LogP contribution is -2.35. The Hall–Kier alpha value is -2.18. The molecule has 2 aromatic rings. The Balaban J connectivity index is 1.56. The van der Waals surface area contributed by atoms with Crippen molar-refractivity contribution >= 4 is 14.3 Å². The lowest BCUT2D eigenvalue weighted by molar-refractivity contribution is 0.153. The molecular formula is C26H36N3O4P. The van der Waals surface area contributed by atoms with Gasteiger partial charge in [0.2, 0.25) is 5.90 Å². The molecule has 184 valence electrons. The van der Waals surface area contributed by atoms with Crippen molar-refractivity contribution in [2.45, 2.75) is 58.3 Å². The Bertz CT molecular complexity index is 947. The number of aliphatic imine (C=N–C) groups is 1. The predicted octanol–water partition coefficient (Wildman–Crippen LogP) is 5.54. The highest BCUT2D eigenvalue weighted by atomic mass is 31.2. The average molecular weight is 486 g/mol. The number of rotatable bonds is 7. The van der Waals surface area contributed by atoms with Crippen molar-refractivity contribution in [1.82, 2.24) is 10.2 Å². The summed E-state index contributed by atoms with van der Waals surface area (Å²) in [5.41, 5.74) is 1.70. The quantitative estimate of drug-likeness (QED) is 0.502. The molecule has 0 aromatic heterocycles. The van der Waals surface area contributed by atoms with E-state index in [2.05, 4.69) is 55.2 Å². The minimum Gasteiger partial charge on any atom is -0.497 e. The molecule has 0 radical (unpaired) electrons. The molecule has 8 heteroatoms. The third-order valence-electron chi connectivity index (χ3n) is 6.28. The fourth-order valence-corrected chi connectivity index (χ4v) is 5.88. The Morgan fingerprint density at radius 1 is 0.824 bits per heavy atom. The number of benzene rings is 2. The van der Waals surface area contributed by atoms with Crippen LogP contribution in [-0.2, 0) is 9.26 Å². The van der Waals surface area contributed by atoms with Crippen molar-refractivity contribution in [3.05, 3.63) is 59.7 Å². The first-order chi connectivity index (χ1) is 16.1. The van der Waals surface area contributed by atoms with Crippen molar-refractivity contribution < 1.29 is 18.7 Å². The van der Waals surface area contributed by atoms with Gasteiger partial charge < -0.3 is 18.7 Å². The van der Waals surface area contributed by atoms with E-state index in [4.69, 9.17) is 23.7 Å². The Morgan fingerprint density at radius 2 is 1.29 bits per heavy atom. The molecule has 3 atom stereocenters. The van der Waals surface area contributed by atoms with Crippen molar-refractivity contribution in [3.8, 4) is 11.5 Å². The van der Waals surface area contributed by atoms with Gasteiger partial charge in [-0.3, -0.25) is 10.2 Å². The van der Waals surface area contributed by atoms with Crippen LogP contribution in [-0.4, -0.2) is 38.4 Å². The van der Waals surface area contributed by atoms with Crippen LogP contribution in [0.4, 0.5) is 0 Å². The summed E-state index contributed by atoms with van der Waals surface area (Å²) in [6, 6.07) is 16.5. The maximum absolute atomic E-state index is 6.57. The fourth-order valence-electron chi connectivity index (χ4n) is 4.06. The first-order valence-corrected chi connectivity index (χ1v) is 12.9. The largest absolute Gasteiger partial charge is 0.497 e. The van der Waals surface area contributed by atoms with Gasteiger partial charge in [0.1, 0.15) is 23.7 Å². The average Bonchev–Trinajstić information content (AvgIpc) is 3.47. The standard InChI is InChI=1S/C26H36N3O4P/c1-25(2,3)21-16-32-24(27-21)26(4,5)33-34-28-22(17-8-12-19(30-6)13-9-17)23(29-34)18-10-14-20(31-7)15-11-18/h8-15,21-23,28-29H,16H2,1-7H3/t21-,22-,23-/m1/s1. The molecule has 0 bridgehead atoms. The van der Waals surface area contributed by atoms with Crippen molar-refractivity contribution in [2.24, 2.45) is 10.4 Å². The Labute approximate surface area is 204 Å². The summed E-state index contributed by atoms with van der Waals surface area (Å²) in [7, 11) is 2.19. The second-order valence-corrected chi connectivity index (χ2v) is 11.6. The van der Waals surface area contributed by atoms with Crippen LogP contribution in [0.3, 0.4) is 0 Å². The molecule has 0 amide bonds. The zero-order valence-corrected chi connectivity index (χ0v) is 22.0. The summed E-state index contributed by atoms with van der Waals surface area (Å²) < 4.78 is 23.3. The fraction of sp³-hybridized carbons (Fsp3) is 0.500. The smallest absolute Gasteiger partial charge is 0.216 e. The van der Waals surface area contributed by atoms with Crippen molar-refractivity contribution in [2.75, 3.05) is 20.8 Å². The SMILES string of the molecule is COc1ccc([C@H]2NP(OC(C)(C)C3=N[C@@H](C(C)(C)C)CO3)N[C@@H]2c2ccc(OC)cc2)cc1. The predicted molar refractivity (Wildman–Crippen MR) is 136 cm³/mol. The maximum atomic E-state index is 6.57. The highest BCUT2D eigenvalue weighted by Crippen LogP contribution is 2.50. The molecular weight excluding hydrogens is 449 g/mol. The summed E-state index contributed by atoms with van der Waals surface area (Å²) in [4.78, 5) is 4.86. The molecule has 2 aromatic carbocycles. The molecule has 1 saturated heterocycles. The van der Waals surface area contributed by atoms with Gasteiger partial charge in [0.15, 0.2) is 8.45 Å². The van der Waals surface area contributed by atoms with Crippen LogP contribution >= 0.6 is 8.45 Å².